The predicted molar refractivity (Wildman–Crippen MR) is 96.8 cm³/mol. The fourth-order valence-electron chi connectivity index (χ4n) is 2.76. The highest BCUT2D eigenvalue weighted by Gasteiger charge is 2.33. The van der Waals surface area contributed by atoms with E-state index < -0.39 is 5.41 Å². The molecule has 0 aromatic heterocycles. The molecule has 0 bridgehead atoms. The van der Waals surface area contributed by atoms with E-state index in [1.165, 1.54) is 0 Å². The van der Waals surface area contributed by atoms with E-state index in [-0.39, 0.29) is 5.78 Å². The lowest BCUT2D eigenvalue weighted by molar-refractivity contribution is 0.0907. The fourth-order valence-corrected chi connectivity index (χ4v) is 2.76. The van der Waals surface area contributed by atoms with Crippen molar-refractivity contribution in [1.29, 1.82) is 0 Å². The van der Waals surface area contributed by atoms with Crippen molar-refractivity contribution < 1.29 is 9.53 Å². The van der Waals surface area contributed by atoms with Crippen LogP contribution in [0.1, 0.15) is 29.8 Å². The van der Waals surface area contributed by atoms with E-state index in [4.69, 9.17) is 4.74 Å². The molecule has 2 heteroatoms. The molecule has 0 radical (unpaired) electrons. The van der Waals surface area contributed by atoms with Gasteiger partial charge in [0.15, 0.2) is 5.78 Å². The summed E-state index contributed by atoms with van der Waals surface area (Å²) in [5.41, 5.74) is 0.895. The molecule has 0 spiro atoms. The van der Waals surface area contributed by atoms with Gasteiger partial charge in [0.2, 0.25) is 0 Å². The number of rotatable bonds is 5. The maximum Gasteiger partial charge on any atom is 0.172 e. The Morgan fingerprint density at radius 1 is 0.750 bits per heavy atom. The molecule has 0 heterocycles. The fraction of sp³-hybridized carbons (Fsp3) is 0.136. The molecular weight excluding hydrogens is 296 g/mol. The standard InChI is InChI=1S/C22H20O2/c1-22(2,21(23)17-11-5-3-6-12-17)19-15-9-10-16-20(19)24-18-13-7-4-8-14-18/h3-16H,1-2H3. The minimum absolute atomic E-state index is 0.0761. The lowest BCUT2D eigenvalue weighted by atomic mass is 9.77. The number of benzene rings is 3. The highest BCUT2D eigenvalue weighted by atomic mass is 16.5. The SMILES string of the molecule is CC(C)(C(=O)c1ccccc1)c1ccccc1Oc1ccccc1. The van der Waals surface area contributed by atoms with Gasteiger partial charge in [0.25, 0.3) is 0 Å². The molecule has 0 atom stereocenters. The molecule has 0 amide bonds. The van der Waals surface area contributed by atoms with Crippen LogP contribution in [0, 0.1) is 0 Å². The van der Waals surface area contributed by atoms with Gasteiger partial charge in [-0.2, -0.15) is 0 Å². The highest BCUT2D eigenvalue weighted by molar-refractivity contribution is 6.03. The minimum Gasteiger partial charge on any atom is -0.457 e. The minimum atomic E-state index is -0.688. The Morgan fingerprint density at radius 2 is 1.29 bits per heavy atom. The van der Waals surface area contributed by atoms with Crippen LogP contribution in [0.3, 0.4) is 0 Å². The summed E-state index contributed by atoms with van der Waals surface area (Å²) in [7, 11) is 0. The molecule has 0 aliphatic heterocycles. The quantitative estimate of drug-likeness (QED) is 0.569. The van der Waals surface area contributed by atoms with Crippen LogP contribution in [-0.2, 0) is 5.41 Å². The maximum atomic E-state index is 13.0. The molecule has 0 unspecified atom stereocenters. The molecular formula is C22H20O2. The number of Topliss-reactive ketones (excluding diaryl/α,β-unsaturated/α-hetero) is 1. The van der Waals surface area contributed by atoms with E-state index in [0.29, 0.717) is 11.3 Å². The van der Waals surface area contributed by atoms with Crippen LogP contribution in [0.4, 0.5) is 0 Å². The van der Waals surface area contributed by atoms with Gasteiger partial charge < -0.3 is 4.74 Å². The molecule has 0 aliphatic carbocycles. The number of carbonyl (C=O) groups is 1. The average molecular weight is 316 g/mol. The molecule has 0 N–H and O–H groups in total. The first kappa shape index (κ1) is 16.0. The molecule has 3 aromatic carbocycles. The lowest BCUT2D eigenvalue weighted by Gasteiger charge is -2.26. The number of ketones is 1. The van der Waals surface area contributed by atoms with Crippen LogP contribution < -0.4 is 4.74 Å². The van der Waals surface area contributed by atoms with Gasteiger partial charge in [0.05, 0.1) is 5.41 Å². The molecule has 0 aliphatic rings. The van der Waals surface area contributed by atoms with E-state index >= 15 is 0 Å². The van der Waals surface area contributed by atoms with Crippen LogP contribution >= 0.6 is 0 Å². The van der Waals surface area contributed by atoms with Crippen molar-refractivity contribution in [3.63, 3.8) is 0 Å². The first-order valence-corrected chi connectivity index (χ1v) is 8.01. The van der Waals surface area contributed by atoms with Gasteiger partial charge in [-0.25, -0.2) is 0 Å². The summed E-state index contributed by atoms with van der Waals surface area (Å²) in [5, 5.41) is 0. The van der Waals surface area contributed by atoms with Gasteiger partial charge in [-0.3, -0.25) is 4.79 Å². The summed E-state index contributed by atoms with van der Waals surface area (Å²) in [6, 6.07) is 26.7. The molecule has 0 saturated carbocycles. The van der Waals surface area contributed by atoms with Crippen molar-refractivity contribution in [3.8, 4) is 11.5 Å². The van der Waals surface area contributed by atoms with Crippen LogP contribution in [0.5, 0.6) is 11.5 Å². The summed E-state index contributed by atoms with van der Waals surface area (Å²) in [5.74, 6) is 1.54. The zero-order chi connectivity index (χ0) is 17.0. The Kier molecular flexibility index (Phi) is 4.48. The molecule has 2 nitrogen and oxygen atoms in total. The topological polar surface area (TPSA) is 26.3 Å². The largest absolute Gasteiger partial charge is 0.457 e. The maximum absolute atomic E-state index is 13.0. The number of hydrogen-bond acceptors (Lipinski definition) is 2. The molecule has 0 saturated heterocycles. The summed E-state index contributed by atoms with van der Waals surface area (Å²) in [6.07, 6.45) is 0. The predicted octanol–water partition coefficient (Wildman–Crippen LogP) is 5.64. The zero-order valence-corrected chi connectivity index (χ0v) is 13.9. The van der Waals surface area contributed by atoms with Crippen molar-refractivity contribution >= 4 is 5.78 Å². The normalized spacial score (nSPS) is 11.1. The van der Waals surface area contributed by atoms with Crippen molar-refractivity contribution in [1.82, 2.24) is 0 Å². The molecule has 0 fully saturated rings. The van der Waals surface area contributed by atoms with Crippen LogP contribution in [0.2, 0.25) is 0 Å². The van der Waals surface area contributed by atoms with Crippen molar-refractivity contribution in [2.75, 3.05) is 0 Å². The Bertz CT molecular complexity index is 821. The highest BCUT2D eigenvalue weighted by Crippen LogP contribution is 2.36. The van der Waals surface area contributed by atoms with E-state index in [9.17, 15) is 4.79 Å². The molecule has 120 valence electrons. The Hall–Kier alpha value is -2.87. The third kappa shape index (κ3) is 3.23. The van der Waals surface area contributed by atoms with Crippen LogP contribution in [0.25, 0.3) is 0 Å². The molecule has 3 rings (SSSR count). The van der Waals surface area contributed by atoms with E-state index in [1.807, 2.05) is 98.8 Å². The second-order valence-corrected chi connectivity index (χ2v) is 6.23. The van der Waals surface area contributed by atoms with Gasteiger partial charge in [-0.15, -0.1) is 0 Å². The van der Waals surface area contributed by atoms with Gasteiger partial charge in [0, 0.05) is 11.1 Å². The summed E-state index contributed by atoms with van der Waals surface area (Å²) >= 11 is 0. The number of para-hydroxylation sites is 2. The number of ether oxygens (including phenoxy) is 1. The van der Waals surface area contributed by atoms with Crippen molar-refractivity contribution in [2.45, 2.75) is 19.3 Å². The van der Waals surface area contributed by atoms with Gasteiger partial charge in [-0.1, -0.05) is 66.7 Å². The summed E-state index contributed by atoms with van der Waals surface area (Å²) < 4.78 is 6.03. The van der Waals surface area contributed by atoms with Crippen molar-refractivity contribution in [2.24, 2.45) is 0 Å². The molecule has 24 heavy (non-hydrogen) atoms. The second kappa shape index (κ2) is 6.71. The van der Waals surface area contributed by atoms with Gasteiger partial charge in [-0.05, 0) is 32.0 Å². The van der Waals surface area contributed by atoms with Crippen LogP contribution in [0.15, 0.2) is 84.9 Å². The van der Waals surface area contributed by atoms with Crippen LogP contribution in [-0.4, -0.2) is 5.78 Å². The lowest BCUT2D eigenvalue weighted by Crippen LogP contribution is -2.29. The Balaban J connectivity index is 1.98. The molecule has 3 aromatic rings. The Labute approximate surface area is 142 Å². The first-order valence-electron chi connectivity index (χ1n) is 8.01. The average Bonchev–Trinajstić information content (AvgIpc) is 2.63. The van der Waals surface area contributed by atoms with E-state index in [2.05, 4.69) is 0 Å². The van der Waals surface area contributed by atoms with E-state index in [1.54, 1.807) is 0 Å². The second-order valence-electron chi connectivity index (χ2n) is 6.23. The van der Waals surface area contributed by atoms with E-state index in [0.717, 1.165) is 11.3 Å². The number of hydrogen-bond donors (Lipinski definition) is 0. The first-order chi connectivity index (χ1) is 11.6. The van der Waals surface area contributed by atoms with Gasteiger partial charge >= 0.3 is 0 Å². The Morgan fingerprint density at radius 3 is 1.96 bits per heavy atom. The summed E-state index contributed by atoms with van der Waals surface area (Å²) in [6.45, 7) is 3.88. The van der Waals surface area contributed by atoms with Crippen molar-refractivity contribution in [3.05, 3.63) is 96.1 Å². The zero-order valence-electron chi connectivity index (χ0n) is 13.9. The smallest absolute Gasteiger partial charge is 0.172 e. The monoisotopic (exact) mass is 316 g/mol. The number of carbonyl (C=O) groups excluding carboxylic acids is 1. The third-order valence-electron chi connectivity index (χ3n) is 4.14. The van der Waals surface area contributed by atoms with Gasteiger partial charge in [0.1, 0.15) is 11.5 Å². The summed E-state index contributed by atoms with van der Waals surface area (Å²) in [4.78, 5) is 13.0. The third-order valence-corrected chi connectivity index (χ3v) is 4.14.